The first kappa shape index (κ1) is 15.4. The number of hydrogen-bond acceptors (Lipinski definition) is 4. The fourth-order valence-electron chi connectivity index (χ4n) is 3.33. The van der Waals surface area contributed by atoms with E-state index in [1.54, 1.807) is 6.20 Å². The molecule has 0 atom stereocenters. The van der Waals surface area contributed by atoms with Crippen LogP contribution in [0, 0.1) is 6.92 Å². The first-order valence-electron chi connectivity index (χ1n) is 8.08. The lowest BCUT2D eigenvalue weighted by Gasteiger charge is -2.28. The van der Waals surface area contributed by atoms with Gasteiger partial charge < -0.3 is 10.6 Å². The number of rotatable bonds is 2. The van der Waals surface area contributed by atoms with Crippen LogP contribution < -0.4 is 10.6 Å². The molecule has 1 fully saturated rings. The number of primary amides is 1. The number of hydrogen-bond donors (Lipinski definition) is 1. The monoisotopic (exact) mass is 387 g/mol. The van der Waals surface area contributed by atoms with Crippen molar-refractivity contribution in [1.82, 2.24) is 14.4 Å². The highest BCUT2D eigenvalue weighted by molar-refractivity contribution is 9.10. The van der Waals surface area contributed by atoms with E-state index in [1.807, 2.05) is 23.5 Å². The van der Waals surface area contributed by atoms with Crippen molar-refractivity contribution < 1.29 is 4.79 Å². The van der Waals surface area contributed by atoms with Gasteiger partial charge in [-0.25, -0.2) is 9.97 Å². The average molecular weight is 388 g/mol. The van der Waals surface area contributed by atoms with E-state index in [4.69, 9.17) is 10.7 Å². The van der Waals surface area contributed by atoms with Crippen molar-refractivity contribution in [3.05, 3.63) is 34.1 Å². The molecule has 0 aliphatic carbocycles. The van der Waals surface area contributed by atoms with Gasteiger partial charge in [0.1, 0.15) is 11.3 Å². The SMILES string of the molecule is Cc1cc(Br)c2nc(N3CCCCC3)n3cc(C(N)=O)nc3c2c1. The van der Waals surface area contributed by atoms with Crippen LogP contribution in [0.3, 0.4) is 0 Å². The summed E-state index contributed by atoms with van der Waals surface area (Å²) in [5, 5.41) is 0.912. The zero-order chi connectivity index (χ0) is 16.8. The van der Waals surface area contributed by atoms with Gasteiger partial charge >= 0.3 is 0 Å². The number of aromatic nitrogens is 3. The van der Waals surface area contributed by atoms with Crippen molar-refractivity contribution in [3.63, 3.8) is 0 Å². The number of halogens is 1. The number of anilines is 1. The molecule has 1 saturated heterocycles. The molecule has 0 saturated carbocycles. The molecule has 124 valence electrons. The number of benzene rings is 1. The molecule has 1 aromatic carbocycles. The van der Waals surface area contributed by atoms with Crippen LogP contribution in [0.15, 0.2) is 22.8 Å². The Bertz CT molecular complexity index is 959. The van der Waals surface area contributed by atoms with Gasteiger partial charge in [-0.05, 0) is 59.8 Å². The number of nitrogens with zero attached hydrogens (tertiary/aromatic N) is 4. The standard InChI is InChI=1S/C17H18BrN5O/c1-10-7-11-14(12(18)8-10)21-17(22-5-3-2-4-6-22)23-9-13(15(19)24)20-16(11)23/h7-9H,2-6H2,1H3,(H2,19,24). The molecule has 0 unspecified atom stereocenters. The number of imidazole rings is 1. The summed E-state index contributed by atoms with van der Waals surface area (Å²) in [6.07, 6.45) is 5.23. The first-order chi connectivity index (χ1) is 11.5. The van der Waals surface area contributed by atoms with E-state index in [0.29, 0.717) is 0 Å². The fourth-order valence-corrected chi connectivity index (χ4v) is 3.99. The van der Waals surface area contributed by atoms with E-state index in [1.165, 1.54) is 6.42 Å². The van der Waals surface area contributed by atoms with Gasteiger partial charge in [0.05, 0.1) is 5.52 Å². The van der Waals surface area contributed by atoms with Crippen LogP contribution in [-0.4, -0.2) is 33.4 Å². The Morgan fingerprint density at radius 1 is 1.21 bits per heavy atom. The summed E-state index contributed by atoms with van der Waals surface area (Å²) in [6, 6.07) is 4.09. The molecular formula is C17H18BrN5O. The third-order valence-corrected chi connectivity index (χ3v) is 5.08. The second kappa shape index (κ2) is 5.73. The number of amides is 1. The Balaban J connectivity index is 2.07. The molecule has 1 aliphatic heterocycles. The largest absolute Gasteiger partial charge is 0.364 e. The molecule has 7 heteroatoms. The van der Waals surface area contributed by atoms with Crippen molar-refractivity contribution >= 4 is 44.3 Å². The highest BCUT2D eigenvalue weighted by Crippen LogP contribution is 2.31. The Kier molecular flexibility index (Phi) is 3.68. The van der Waals surface area contributed by atoms with Crippen molar-refractivity contribution in [3.8, 4) is 0 Å². The number of carbonyl (C=O) groups excluding carboxylic acids is 1. The second-order valence-electron chi connectivity index (χ2n) is 6.29. The molecule has 6 nitrogen and oxygen atoms in total. The van der Waals surface area contributed by atoms with Gasteiger partial charge in [-0.3, -0.25) is 9.20 Å². The van der Waals surface area contributed by atoms with Gasteiger partial charge in [0.15, 0.2) is 0 Å². The van der Waals surface area contributed by atoms with E-state index in [0.717, 1.165) is 58.5 Å². The quantitative estimate of drug-likeness (QED) is 0.732. The maximum atomic E-state index is 11.6. The first-order valence-corrected chi connectivity index (χ1v) is 8.87. The predicted octanol–water partition coefficient (Wildman–Crippen LogP) is 3.04. The maximum absolute atomic E-state index is 11.6. The molecule has 1 amide bonds. The Hall–Kier alpha value is -2.15. The minimum absolute atomic E-state index is 0.264. The van der Waals surface area contributed by atoms with Gasteiger partial charge in [0.25, 0.3) is 5.91 Å². The smallest absolute Gasteiger partial charge is 0.268 e. The summed E-state index contributed by atoms with van der Waals surface area (Å²) in [7, 11) is 0. The number of fused-ring (bicyclic) bond motifs is 3. The molecular weight excluding hydrogens is 370 g/mol. The van der Waals surface area contributed by atoms with E-state index >= 15 is 0 Å². The van der Waals surface area contributed by atoms with E-state index in [9.17, 15) is 4.79 Å². The number of carbonyl (C=O) groups is 1. The molecule has 0 radical (unpaired) electrons. The lowest BCUT2D eigenvalue weighted by Crippen LogP contribution is -2.31. The Morgan fingerprint density at radius 2 is 1.96 bits per heavy atom. The summed E-state index contributed by atoms with van der Waals surface area (Å²) in [5.41, 5.74) is 8.40. The van der Waals surface area contributed by atoms with Crippen molar-refractivity contribution in [2.24, 2.45) is 5.73 Å². The number of nitrogens with two attached hydrogens (primary N) is 1. The highest BCUT2D eigenvalue weighted by atomic mass is 79.9. The predicted molar refractivity (Wildman–Crippen MR) is 97.5 cm³/mol. The third kappa shape index (κ3) is 2.43. The maximum Gasteiger partial charge on any atom is 0.268 e. The minimum Gasteiger partial charge on any atom is -0.364 e. The van der Waals surface area contributed by atoms with Gasteiger partial charge in [0, 0.05) is 29.1 Å². The third-order valence-electron chi connectivity index (χ3n) is 4.47. The molecule has 1 aliphatic rings. The Labute approximate surface area is 147 Å². The molecule has 4 rings (SSSR count). The van der Waals surface area contributed by atoms with Crippen LogP contribution >= 0.6 is 15.9 Å². The van der Waals surface area contributed by atoms with E-state index in [2.05, 4.69) is 25.8 Å². The summed E-state index contributed by atoms with van der Waals surface area (Å²) in [4.78, 5) is 23.3. The molecule has 24 heavy (non-hydrogen) atoms. The van der Waals surface area contributed by atoms with E-state index < -0.39 is 5.91 Å². The molecule has 2 N–H and O–H groups in total. The van der Waals surface area contributed by atoms with E-state index in [-0.39, 0.29) is 5.69 Å². The highest BCUT2D eigenvalue weighted by Gasteiger charge is 2.21. The Morgan fingerprint density at radius 3 is 2.67 bits per heavy atom. The van der Waals surface area contributed by atoms with Crippen molar-refractivity contribution in [2.75, 3.05) is 18.0 Å². The van der Waals surface area contributed by atoms with Crippen molar-refractivity contribution in [2.45, 2.75) is 26.2 Å². The fraction of sp³-hybridized carbons (Fsp3) is 0.353. The summed E-state index contributed by atoms with van der Waals surface area (Å²) < 4.78 is 2.83. The summed E-state index contributed by atoms with van der Waals surface area (Å²) >= 11 is 3.62. The van der Waals surface area contributed by atoms with Gasteiger partial charge in [-0.2, -0.15) is 0 Å². The second-order valence-corrected chi connectivity index (χ2v) is 7.14. The average Bonchev–Trinajstić information content (AvgIpc) is 3.01. The van der Waals surface area contributed by atoms with Crippen molar-refractivity contribution in [1.29, 1.82) is 0 Å². The normalized spacial score (nSPS) is 15.3. The van der Waals surface area contributed by atoms with Gasteiger partial charge in [-0.15, -0.1) is 0 Å². The lowest BCUT2D eigenvalue weighted by molar-refractivity contribution is 0.0996. The number of piperidine rings is 1. The zero-order valence-electron chi connectivity index (χ0n) is 13.4. The van der Waals surface area contributed by atoms with Gasteiger partial charge in [0.2, 0.25) is 5.95 Å². The van der Waals surface area contributed by atoms with Crippen LogP contribution in [0.25, 0.3) is 16.6 Å². The van der Waals surface area contributed by atoms with Crippen LogP contribution in [0.4, 0.5) is 5.95 Å². The topological polar surface area (TPSA) is 76.5 Å². The van der Waals surface area contributed by atoms with Crippen LogP contribution in [-0.2, 0) is 0 Å². The number of aryl methyl sites for hydroxylation is 1. The van der Waals surface area contributed by atoms with Gasteiger partial charge in [-0.1, -0.05) is 0 Å². The molecule has 0 bridgehead atoms. The molecule has 3 heterocycles. The van der Waals surface area contributed by atoms with Crippen LogP contribution in [0.2, 0.25) is 0 Å². The van der Waals surface area contributed by atoms with Crippen LogP contribution in [0.5, 0.6) is 0 Å². The summed E-state index contributed by atoms with van der Waals surface area (Å²) in [5.74, 6) is 0.296. The summed E-state index contributed by atoms with van der Waals surface area (Å²) in [6.45, 7) is 3.94. The molecule has 2 aromatic heterocycles. The molecule has 3 aromatic rings. The zero-order valence-corrected chi connectivity index (χ0v) is 15.0. The van der Waals surface area contributed by atoms with Crippen LogP contribution in [0.1, 0.15) is 35.3 Å². The minimum atomic E-state index is -0.525. The molecule has 0 spiro atoms. The lowest BCUT2D eigenvalue weighted by atomic mass is 10.1.